The number of Topliss-reactive ketones (excluding diaryl/α,β-unsaturated/α-hetero) is 1. The van der Waals surface area contributed by atoms with Gasteiger partial charge < -0.3 is 4.74 Å². The molecule has 0 saturated carbocycles. The minimum Gasteiger partial charge on any atom is -0.454 e. The van der Waals surface area contributed by atoms with E-state index in [2.05, 4.69) is 4.74 Å². The van der Waals surface area contributed by atoms with E-state index in [0.717, 1.165) is 4.24 Å². The van der Waals surface area contributed by atoms with Gasteiger partial charge in [-0.3, -0.25) is 4.79 Å². The van der Waals surface area contributed by atoms with Gasteiger partial charge in [0.1, 0.15) is 5.57 Å². The molecular weight excluding hydrogens is 196 g/mol. The van der Waals surface area contributed by atoms with E-state index in [-0.39, 0.29) is 18.0 Å². The SMILES string of the molecule is CSC(SC)=C1C(=O)COC1=O. The standard InChI is InChI=1S/C7H8O3S2/c1-11-7(12-2)5-4(8)3-10-6(5)9/h3H2,1-2H3. The van der Waals surface area contributed by atoms with Crippen LogP contribution in [-0.4, -0.2) is 30.9 Å². The number of carbonyl (C=O) groups excluding carboxylic acids is 2. The highest BCUT2D eigenvalue weighted by Gasteiger charge is 2.31. The fraction of sp³-hybridized carbons (Fsp3) is 0.429. The summed E-state index contributed by atoms with van der Waals surface area (Å²) in [5.41, 5.74) is 0.218. The molecule has 0 amide bonds. The highest BCUT2D eigenvalue weighted by molar-refractivity contribution is 8.21. The molecule has 12 heavy (non-hydrogen) atoms. The van der Waals surface area contributed by atoms with Crippen LogP contribution < -0.4 is 0 Å². The third-order valence-corrected chi connectivity index (χ3v) is 3.54. The smallest absolute Gasteiger partial charge is 0.344 e. The molecule has 1 aliphatic heterocycles. The molecule has 0 aliphatic carbocycles. The summed E-state index contributed by atoms with van der Waals surface area (Å²) in [5, 5.41) is 0. The maximum atomic E-state index is 11.1. The molecule has 1 fully saturated rings. The molecule has 0 aromatic heterocycles. The minimum absolute atomic E-state index is 0.0984. The van der Waals surface area contributed by atoms with Crippen molar-refractivity contribution in [2.45, 2.75) is 0 Å². The van der Waals surface area contributed by atoms with Crippen LogP contribution in [0.3, 0.4) is 0 Å². The van der Waals surface area contributed by atoms with Crippen molar-refractivity contribution in [3.05, 3.63) is 9.81 Å². The molecule has 0 N–H and O–H groups in total. The summed E-state index contributed by atoms with van der Waals surface area (Å²) < 4.78 is 5.33. The van der Waals surface area contributed by atoms with Gasteiger partial charge in [0.05, 0.1) is 4.24 Å². The van der Waals surface area contributed by atoms with Crippen LogP contribution in [0.5, 0.6) is 0 Å². The molecule has 1 heterocycles. The number of ether oxygens (including phenoxy) is 1. The Morgan fingerprint density at radius 3 is 2.25 bits per heavy atom. The number of esters is 1. The van der Waals surface area contributed by atoms with Crippen molar-refractivity contribution < 1.29 is 14.3 Å². The zero-order valence-electron chi connectivity index (χ0n) is 6.75. The fourth-order valence-corrected chi connectivity index (χ4v) is 2.34. The Labute approximate surface area is 78.9 Å². The van der Waals surface area contributed by atoms with Crippen LogP contribution in [0.4, 0.5) is 0 Å². The Hall–Kier alpha value is -0.420. The number of cyclic esters (lactones) is 1. The van der Waals surface area contributed by atoms with Gasteiger partial charge in [-0.1, -0.05) is 0 Å². The van der Waals surface area contributed by atoms with Gasteiger partial charge >= 0.3 is 5.97 Å². The summed E-state index contributed by atoms with van der Waals surface area (Å²) in [5.74, 6) is -0.697. The summed E-state index contributed by atoms with van der Waals surface area (Å²) in [7, 11) is 0. The second-order valence-electron chi connectivity index (χ2n) is 2.07. The maximum absolute atomic E-state index is 11.1. The molecule has 1 saturated heterocycles. The number of ketones is 1. The van der Waals surface area contributed by atoms with E-state index in [4.69, 9.17) is 0 Å². The molecule has 5 heteroatoms. The average Bonchev–Trinajstić information content (AvgIpc) is 2.38. The molecule has 1 rings (SSSR count). The minimum atomic E-state index is -0.487. The first kappa shape index (κ1) is 9.67. The average molecular weight is 204 g/mol. The monoisotopic (exact) mass is 204 g/mol. The lowest BCUT2D eigenvalue weighted by atomic mass is 10.2. The molecule has 0 aromatic rings. The van der Waals surface area contributed by atoms with Gasteiger partial charge in [0.25, 0.3) is 0 Å². The molecule has 3 nitrogen and oxygen atoms in total. The largest absolute Gasteiger partial charge is 0.454 e. The van der Waals surface area contributed by atoms with Gasteiger partial charge in [-0.15, -0.1) is 23.5 Å². The van der Waals surface area contributed by atoms with Gasteiger partial charge in [-0.2, -0.15) is 0 Å². The lowest BCUT2D eigenvalue weighted by molar-refractivity contribution is -0.135. The molecule has 66 valence electrons. The van der Waals surface area contributed by atoms with Gasteiger partial charge in [0.2, 0.25) is 5.78 Å². The first-order chi connectivity index (χ1) is 5.70. The molecule has 0 spiro atoms. The van der Waals surface area contributed by atoms with Gasteiger partial charge in [-0.25, -0.2) is 4.79 Å². The molecule has 0 unspecified atom stereocenters. The summed E-state index contributed by atoms with van der Waals surface area (Å²) in [6.07, 6.45) is 3.66. The normalized spacial score (nSPS) is 16.7. The van der Waals surface area contributed by atoms with E-state index in [1.807, 2.05) is 12.5 Å². The number of carbonyl (C=O) groups is 2. The molecule has 0 radical (unpaired) electrons. The summed E-state index contributed by atoms with van der Waals surface area (Å²) in [6, 6.07) is 0. The number of hydrogen-bond donors (Lipinski definition) is 0. The summed E-state index contributed by atoms with van der Waals surface area (Å²) in [6.45, 7) is -0.0984. The van der Waals surface area contributed by atoms with Crippen molar-refractivity contribution in [3.63, 3.8) is 0 Å². The van der Waals surface area contributed by atoms with Crippen LogP contribution >= 0.6 is 23.5 Å². The van der Waals surface area contributed by atoms with E-state index >= 15 is 0 Å². The third kappa shape index (κ3) is 1.67. The van der Waals surface area contributed by atoms with Crippen molar-refractivity contribution in [1.29, 1.82) is 0 Å². The zero-order chi connectivity index (χ0) is 9.14. The molecule has 0 bridgehead atoms. The second-order valence-corrected chi connectivity index (χ2v) is 3.96. The lowest BCUT2D eigenvalue weighted by Crippen LogP contribution is -2.02. The lowest BCUT2D eigenvalue weighted by Gasteiger charge is -1.99. The highest BCUT2D eigenvalue weighted by atomic mass is 32.2. The molecule has 1 aliphatic rings. The van der Waals surface area contributed by atoms with Gasteiger partial charge in [0, 0.05) is 0 Å². The number of hydrogen-bond acceptors (Lipinski definition) is 5. The van der Waals surface area contributed by atoms with E-state index < -0.39 is 5.97 Å². The van der Waals surface area contributed by atoms with E-state index in [1.165, 1.54) is 23.5 Å². The predicted octanol–water partition coefficient (Wildman–Crippen LogP) is 1.05. The van der Waals surface area contributed by atoms with Crippen molar-refractivity contribution in [2.24, 2.45) is 0 Å². The fourth-order valence-electron chi connectivity index (χ4n) is 0.874. The van der Waals surface area contributed by atoms with Crippen molar-refractivity contribution in [1.82, 2.24) is 0 Å². The van der Waals surface area contributed by atoms with Crippen LogP contribution in [0, 0.1) is 0 Å². The summed E-state index contributed by atoms with van der Waals surface area (Å²) >= 11 is 2.79. The highest BCUT2D eigenvalue weighted by Crippen LogP contribution is 2.30. The number of thioether (sulfide) groups is 2. The van der Waals surface area contributed by atoms with Gasteiger partial charge in [-0.05, 0) is 12.5 Å². The Kier molecular flexibility index (Phi) is 3.22. The Balaban J connectivity index is 3.03. The topological polar surface area (TPSA) is 43.4 Å². The van der Waals surface area contributed by atoms with Crippen LogP contribution in [0.15, 0.2) is 9.81 Å². The van der Waals surface area contributed by atoms with Gasteiger partial charge in [0.15, 0.2) is 6.61 Å². The third-order valence-electron chi connectivity index (χ3n) is 1.39. The Morgan fingerprint density at radius 2 is 1.92 bits per heavy atom. The van der Waals surface area contributed by atoms with Crippen LogP contribution in [0.2, 0.25) is 0 Å². The molecule has 0 aromatic carbocycles. The molecular formula is C7H8O3S2. The van der Waals surface area contributed by atoms with Crippen LogP contribution in [0.25, 0.3) is 0 Å². The second kappa shape index (κ2) is 4.00. The van der Waals surface area contributed by atoms with Crippen LogP contribution in [-0.2, 0) is 14.3 Å². The van der Waals surface area contributed by atoms with Crippen molar-refractivity contribution in [2.75, 3.05) is 19.1 Å². The maximum Gasteiger partial charge on any atom is 0.344 e. The number of rotatable bonds is 2. The van der Waals surface area contributed by atoms with Crippen molar-refractivity contribution >= 4 is 35.3 Å². The Morgan fingerprint density at radius 1 is 1.33 bits per heavy atom. The van der Waals surface area contributed by atoms with Crippen LogP contribution in [0.1, 0.15) is 0 Å². The predicted molar refractivity (Wildman–Crippen MR) is 50.0 cm³/mol. The first-order valence-corrected chi connectivity index (χ1v) is 5.68. The Bertz CT molecular complexity index is 233. The van der Waals surface area contributed by atoms with E-state index in [0.29, 0.717) is 0 Å². The van der Waals surface area contributed by atoms with E-state index in [1.54, 1.807) is 0 Å². The van der Waals surface area contributed by atoms with E-state index in [9.17, 15) is 9.59 Å². The first-order valence-electron chi connectivity index (χ1n) is 3.23. The zero-order valence-corrected chi connectivity index (χ0v) is 8.38. The quantitative estimate of drug-likeness (QED) is 0.382. The van der Waals surface area contributed by atoms with Crippen molar-refractivity contribution in [3.8, 4) is 0 Å². The molecule has 0 atom stereocenters. The summed E-state index contributed by atoms with van der Waals surface area (Å²) in [4.78, 5) is 22.1.